The number of aliphatic hydroxyl groups is 1. The van der Waals surface area contributed by atoms with Crippen LogP contribution in [-0.4, -0.2) is 74.0 Å². The van der Waals surface area contributed by atoms with Gasteiger partial charge in [-0.3, -0.25) is 4.99 Å². The van der Waals surface area contributed by atoms with Crippen molar-refractivity contribution in [3.05, 3.63) is 0 Å². The van der Waals surface area contributed by atoms with Gasteiger partial charge in [0.05, 0.1) is 6.04 Å². The molecule has 114 valence electrons. The molecule has 20 heavy (non-hydrogen) atoms. The number of nitrogens with one attached hydrogen (secondary N) is 2. The Morgan fingerprint density at radius 3 is 3.00 bits per heavy atom. The van der Waals surface area contributed by atoms with Crippen LogP contribution < -0.4 is 10.6 Å². The van der Waals surface area contributed by atoms with E-state index in [9.17, 15) is 9.90 Å². The molecule has 2 aliphatic rings. The summed E-state index contributed by atoms with van der Waals surface area (Å²) in [6.07, 6.45) is -2.43. The lowest BCUT2D eigenvalue weighted by Gasteiger charge is -2.40. The molecule has 0 aromatic rings. The summed E-state index contributed by atoms with van der Waals surface area (Å²) in [5.74, 6) is 0. The third-order valence-corrected chi connectivity index (χ3v) is 4.41. The Morgan fingerprint density at radius 2 is 2.40 bits per heavy atom. The van der Waals surface area contributed by atoms with Crippen LogP contribution >= 0.6 is 11.8 Å². The van der Waals surface area contributed by atoms with Crippen molar-refractivity contribution in [2.75, 3.05) is 27.8 Å². The number of aliphatic hydroxyl groups excluding tert-OH is 1. The van der Waals surface area contributed by atoms with E-state index in [1.165, 1.54) is 25.9 Å². The lowest BCUT2D eigenvalue weighted by atomic mass is 9.98. The summed E-state index contributed by atoms with van der Waals surface area (Å²) in [4.78, 5) is 15.2. The molecule has 9 heteroatoms. The Morgan fingerprint density at radius 1 is 1.65 bits per heavy atom. The average Bonchev–Trinajstić information content (AvgIpc) is 2.88. The van der Waals surface area contributed by atoms with Crippen LogP contribution in [0.5, 0.6) is 0 Å². The van der Waals surface area contributed by atoms with Gasteiger partial charge in [-0.1, -0.05) is 11.8 Å². The van der Waals surface area contributed by atoms with E-state index in [0.29, 0.717) is 5.17 Å². The van der Waals surface area contributed by atoms with Gasteiger partial charge >= 0.3 is 6.09 Å². The van der Waals surface area contributed by atoms with Crippen LogP contribution in [0, 0.1) is 0 Å². The molecule has 3 N–H and O–H groups in total. The normalized spacial score (nSPS) is 38.2. The monoisotopic (exact) mass is 305 g/mol. The SMILES string of the molecule is CN=C1N[C@@H]2[C@@H](O)[C@H](OC)[C@@H](COC(=O)NC)O[C@@H]2S1. The molecule has 0 bridgehead atoms. The van der Waals surface area contributed by atoms with Gasteiger partial charge in [-0.05, 0) is 0 Å². The van der Waals surface area contributed by atoms with Gasteiger partial charge in [0.2, 0.25) is 0 Å². The minimum Gasteiger partial charge on any atom is -0.447 e. The predicted octanol–water partition coefficient (Wildman–Crippen LogP) is -0.866. The van der Waals surface area contributed by atoms with Gasteiger partial charge in [0.15, 0.2) is 5.17 Å². The zero-order valence-corrected chi connectivity index (χ0v) is 12.3. The van der Waals surface area contributed by atoms with Crippen molar-refractivity contribution in [1.29, 1.82) is 0 Å². The first-order valence-corrected chi connectivity index (χ1v) is 7.09. The molecule has 2 heterocycles. The number of fused-ring (bicyclic) bond motifs is 1. The molecule has 5 atom stereocenters. The number of amidine groups is 1. The van der Waals surface area contributed by atoms with Crippen molar-refractivity contribution in [1.82, 2.24) is 10.6 Å². The summed E-state index contributed by atoms with van der Waals surface area (Å²) >= 11 is 1.40. The topological polar surface area (TPSA) is 101 Å². The van der Waals surface area contributed by atoms with Gasteiger partial charge in [-0.2, -0.15) is 0 Å². The molecule has 0 unspecified atom stereocenters. The average molecular weight is 305 g/mol. The largest absolute Gasteiger partial charge is 0.447 e. The van der Waals surface area contributed by atoms with Gasteiger partial charge in [0, 0.05) is 21.2 Å². The molecule has 1 amide bonds. The van der Waals surface area contributed by atoms with Gasteiger partial charge in [0.25, 0.3) is 0 Å². The summed E-state index contributed by atoms with van der Waals surface area (Å²) in [6.45, 7) is 0.0115. The van der Waals surface area contributed by atoms with Crippen LogP contribution in [0.25, 0.3) is 0 Å². The van der Waals surface area contributed by atoms with E-state index in [1.807, 2.05) is 0 Å². The molecular weight excluding hydrogens is 286 g/mol. The molecule has 2 aliphatic heterocycles. The number of hydrogen-bond donors (Lipinski definition) is 3. The number of rotatable bonds is 3. The lowest BCUT2D eigenvalue weighted by Crippen LogP contribution is -2.60. The highest BCUT2D eigenvalue weighted by Gasteiger charge is 2.50. The van der Waals surface area contributed by atoms with Crippen LogP contribution in [0.4, 0.5) is 4.79 Å². The number of aliphatic imine (C=N–C) groups is 1. The van der Waals surface area contributed by atoms with Crippen LogP contribution in [0.15, 0.2) is 4.99 Å². The highest BCUT2D eigenvalue weighted by molar-refractivity contribution is 8.14. The van der Waals surface area contributed by atoms with Crippen LogP contribution in [0.3, 0.4) is 0 Å². The quantitative estimate of drug-likeness (QED) is 0.623. The van der Waals surface area contributed by atoms with E-state index in [4.69, 9.17) is 14.2 Å². The van der Waals surface area contributed by atoms with Crippen molar-refractivity contribution >= 4 is 23.0 Å². The molecule has 0 aromatic heterocycles. The van der Waals surface area contributed by atoms with E-state index in [0.717, 1.165) is 0 Å². The molecule has 0 aromatic carbocycles. The van der Waals surface area contributed by atoms with E-state index >= 15 is 0 Å². The van der Waals surface area contributed by atoms with Crippen molar-refractivity contribution in [3.63, 3.8) is 0 Å². The van der Waals surface area contributed by atoms with E-state index in [-0.39, 0.29) is 18.1 Å². The van der Waals surface area contributed by atoms with Crippen molar-refractivity contribution in [2.24, 2.45) is 4.99 Å². The van der Waals surface area contributed by atoms with Crippen LogP contribution in [-0.2, 0) is 14.2 Å². The molecule has 0 aliphatic carbocycles. The fourth-order valence-electron chi connectivity index (χ4n) is 2.23. The van der Waals surface area contributed by atoms with Gasteiger partial charge < -0.3 is 30.0 Å². The first kappa shape index (κ1) is 15.4. The Bertz CT molecular complexity index is 394. The zero-order valence-electron chi connectivity index (χ0n) is 11.5. The third-order valence-electron chi connectivity index (χ3n) is 3.25. The summed E-state index contributed by atoms with van der Waals surface area (Å²) < 4.78 is 16.1. The fraction of sp³-hybridized carbons (Fsp3) is 0.818. The van der Waals surface area contributed by atoms with E-state index < -0.39 is 24.4 Å². The lowest BCUT2D eigenvalue weighted by molar-refractivity contribution is -0.178. The Labute approximate surface area is 121 Å². The number of ether oxygens (including phenoxy) is 3. The van der Waals surface area contributed by atoms with Gasteiger partial charge in [0.1, 0.15) is 30.4 Å². The summed E-state index contributed by atoms with van der Waals surface area (Å²) in [7, 11) is 4.63. The molecule has 0 radical (unpaired) electrons. The smallest absolute Gasteiger partial charge is 0.406 e. The Kier molecular flexibility index (Phi) is 5.08. The number of amides is 1. The first-order chi connectivity index (χ1) is 9.60. The summed E-state index contributed by atoms with van der Waals surface area (Å²) in [6, 6.07) is -0.292. The first-order valence-electron chi connectivity index (χ1n) is 6.21. The van der Waals surface area contributed by atoms with Gasteiger partial charge in [-0.15, -0.1) is 0 Å². The van der Waals surface area contributed by atoms with Crippen molar-refractivity contribution in [3.8, 4) is 0 Å². The Hall–Kier alpha value is -1.03. The highest BCUT2D eigenvalue weighted by atomic mass is 32.2. The zero-order chi connectivity index (χ0) is 14.7. The second kappa shape index (κ2) is 6.61. The third kappa shape index (κ3) is 3.00. The molecule has 8 nitrogen and oxygen atoms in total. The molecule has 2 fully saturated rings. The van der Waals surface area contributed by atoms with E-state index in [1.54, 1.807) is 7.05 Å². The number of thioether (sulfide) groups is 1. The number of hydrogen-bond acceptors (Lipinski definition) is 7. The van der Waals surface area contributed by atoms with Crippen molar-refractivity contribution < 1.29 is 24.1 Å². The van der Waals surface area contributed by atoms with Crippen molar-refractivity contribution in [2.45, 2.75) is 29.8 Å². The molecule has 0 saturated carbocycles. The van der Waals surface area contributed by atoms with E-state index in [2.05, 4.69) is 15.6 Å². The predicted molar refractivity (Wildman–Crippen MR) is 73.7 cm³/mol. The van der Waals surface area contributed by atoms with Gasteiger partial charge in [-0.25, -0.2) is 4.79 Å². The molecule has 0 spiro atoms. The summed E-state index contributed by atoms with van der Waals surface area (Å²) in [5.41, 5.74) is -0.284. The minimum absolute atomic E-state index is 0.0115. The fourth-order valence-corrected chi connectivity index (χ4v) is 3.34. The molecular formula is C11H19N3O5S. The van der Waals surface area contributed by atoms with Crippen LogP contribution in [0.1, 0.15) is 0 Å². The molecule has 2 saturated heterocycles. The maximum atomic E-state index is 11.1. The summed E-state index contributed by atoms with van der Waals surface area (Å²) in [5, 5.41) is 16.5. The number of methoxy groups -OCH3 is 1. The maximum absolute atomic E-state index is 11.1. The second-order valence-electron chi connectivity index (χ2n) is 4.40. The Balaban J connectivity index is 2.04. The molecule has 2 rings (SSSR count). The second-order valence-corrected chi connectivity index (χ2v) is 5.49. The maximum Gasteiger partial charge on any atom is 0.406 e. The standard InChI is InChI=1S/C11H19N3O5S/c1-12-10-14-6-7(15)8(17-3)5(19-9(6)20-10)4-18-11(16)13-2/h5-9,15H,4H2,1-3H3,(H,12,14)(H,13,16)/t5-,6-,7-,8-,9-/m1/s1. The number of carbonyl (C=O) groups is 1. The highest BCUT2D eigenvalue weighted by Crippen LogP contribution is 2.34. The number of alkyl carbamates (subject to hydrolysis) is 1. The van der Waals surface area contributed by atoms with Crippen LogP contribution in [0.2, 0.25) is 0 Å². The number of carbonyl (C=O) groups excluding carboxylic acids is 1. The number of nitrogens with zero attached hydrogens (tertiary/aromatic N) is 1. The minimum atomic E-state index is -0.774.